The number of hydrogen-bond acceptors (Lipinski definition) is 4. The first-order chi connectivity index (χ1) is 10.5. The van der Waals surface area contributed by atoms with E-state index in [2.05, 4.69) is 6.07 Å². The fraction of sp³-hybridized carbons (Fsp3) is 0.294. The van der Waals surface area contributed by atoms with E-state index in [1.807, 2.05) is 13.0 Å². The van der Waals surface area contributed by atoms with Crippen LogP contribution in [-0.2, 0) is 11.2 Å². The number of benzene rings is 1. The van der Waals surface area contributed by atoms with Gasteiger partial charge in [-0.05, 0) is 35.8 Å². The summed E-state index contributed by atoms with van der Waals surface area (Å²) in [5.41, 5.74) is 2.32. The number of carboxylic acid groups (broad SMARTS) is 1. The molecule has 22 heavy (non-hydrogen) atoms. The molecule has 1 aromatic carbocycles. The van der Waals surface area contributed by atoms with E-state index in [1.54, 1.807) is 6.07 Å². The Morgan fingerprint density at radius 1 is 1.50 bits per heavy atom. The number of rotatable bonds is 5. The molecule has 0 aromatic heterocycles. The largest absolute Gasteiger partial charge is 0.507 e. The third-order valence-corrected chi connectivity index (χ3v) is 3.54. The van der Waals surface area contributed by atoms with Crippen molar-refractivity contribution in [1.82, 2.24) is 0 Å². The van der Waals surface area contributed by atoms with Gasteiger partial charge in [0.2, 0.25) is 0 Å². The van der Waals surface area contributed by atoms with E-state index in [0.29, 0.717) is 25.0 Å². The van der Waals surface area contributed by atoms with Crippen molar-refractivity contribution in [2.45, 2.75) is 26.2 Å². The molecule has 0 saturated carbocycles. The lowest BCUT2D eigenvalue weighted by molar-refractivity contribution is 0.0693. The van der Waals surface area contributed by atoms with Gasteiger partial charge < -0.3 is 14.9 Å². The SMILES string of the molecule is CC/C(C#N)=C\C1=C(Cc2ccc(C(=O)O)c(O)c2)OCC1. The Morgan fingerprint density at radius 3 is 2.86 bits per heavy atom. The maximum atomic E-state index is 10.9. The van der Waals surface area contributed by atoms with E-state index in [4.69, 9.17) is 15.1 Å². The first kappa shape index (κ1) is 15.6. The van der Waals surface area contributed by atoms with Gasteiger partial charge in [-0.3, -0.25) is 0 Å². The summed E-state index contributed by atoms with van der Waals surface area (Å²) in [5.74, 6) is -0.652. The quantitative estimate of drug-likeness (QED) is 0.815. The van der Waals surface area contributed by atoms with Gasteiger partial charge in [-0.25, -0.2) is 4.79 Å². The molecule has 2 rings (SSSR count). The Hall–Kier alpha value is -2.74. The number of carbonyl (C=O) groups is 1. The summed E-state index contributed by atoms with van der Waals surface area (Å²) in [6.45, 7) is 2.50. The van der Waals surface area contributed by atoms with Crippen LogP contribution >= 0.6 is 0 Å². The average molecular weight is 299 g/mol. The molecule has 0 unspecified atom stereocenters. The van der Waals surface area contributed by atoms with Crippen LogP contribution < -0.4 is 0 Å². The van der Waals surface area contributed by atoms with Gasteiger partial charge in [0.15, 0.2) is 0 Å². The molecule has 0 bridgehead atoms. The van der Waals surface area contributed by atoms with Crippen LogP contribution in [-0.4, -0.2) is 22.8 Å². The van der Waals surface area contributed by atoms with E-state index in [0.717, 1.165) is 23.3 Å². The van der Waals surface area contributed by atoms with Gasteiger partial charge in [-0.1, -0.05) is 13.0 Å². The Bertz CT molecular complexity index is 695. The smallest absolute Gasteiger partial charge is 0.339 e. The van der Waals surface area contributed by atoms with Crippen molar-refractivity contribution in [2.24, 2.45) is 0 Å². The molecule has 5 nitrogen and oxygen atoms in total. The molecule has 0 radical (unpaired) electrons. The van der Waals surface area contributed by atoms with Crippen molar-refractivity contribution >= 4 is 5.97 Å². The van der Waals surface area contributed by atoms with Crippen LogP contribution in [0.15, 0.2) is 41.2 Å². The van der Waals surface area contributed by atoms with Gasteiger partial charge >= 0.3 is 5.97 Å². The van der Waals surface area contributed by atoms with Crippen molar-refractivity contribution < 1.29 is 19.7 Å². The van der Waals surface area contributed by atoms with Crippen molar-refractivity contribution in [2.75, 3.05) is 6.61 Å². The summed E-state index contributed by atoms with van der Waals surface area (Å²) in [4.78, 5) is 10.9. The van der Waals surface area contributed by atoms with Gasteiger partial charge in [-0.15, -0.1) is 0 Å². The van der Waals surface area contributed by atoms with Gasteiger partial charge in [0.1, 0.15) is 17.1 Å². The molecule has 1 aliphatic rings. The number of aromatic carboxylic acids is 1. The van der Waals surface area contributed by atoms with E-state index in [9.17, 15) is 9.90 Å². The second-order valence-electron chi connectivity index (χ2n) is 5.02. The zero-order valence-electron chi connectivity index (χ0n) is 12.3. The molecule has 114 valence electrons. The van der Waals surface area contributed by atoms with Crippen LogP contribution in [0, 0.1) is 11.3 Å². The average Bonchev–Trinajstić information content (AvgIpc) is 2.91. The molecule has 0 saturated heterocycles. The standard InChI is InChI=1S/C17H17NO4/c1-2-11(10-18)7-13-5-6-22-16(13)9-12-3-4-14(17(20)21)15(19)8-12/h3-4,7-8,19H,2,5-6,9H2,1H3,(H,20,21)/b11-7+. The van der Waals surface area contributed by atoms with Crippen LogP contribution in [0.1, 0.15) is 35.7 Å². The number of allylic oxidation sites excluding steroid dienone is 3. The van der Waals surface area contributed by atoms with Crippen LogP contribution in [0.2, 0.25) is 0 Å². The second-order valence-corrected chi connectivity index (χ2v) is 5.02. The zero-order valence-corrected chi connectivity index (χ0v) is 12.3. The highest BCUT2D eigenvalue weighted by molar-refractivity contribution is 5.90. The Labute approximate surface area is 128 Å². The molecular weight excluding hydrogens is 282 g/mol. The third kappa shape index (κ3) is 3.47. The predicted octanol–water partition coefficient (Wildman–Crippen LogP) is 3.17. The maximum absolute atomic E-state index is 10.9. The number of ether oxygens (including phenoxy) is 1. The number of carboxylic acids is 1. The van der Waals surface area contributed by atoms with Crippen molar-refractivity contribution in [3.63, 3.8) is 0 Å². The third-order valence-electron chi connectivity index (χ3n) is 3.54. The summed E-state index contributed by atoms with van der Waals surface area (Å²) in [5, 5.41) is 27.6. The van der Waals surface area contributed by atoms with Gasteiger partial charge in [0, 0.05) is 18.4 Å². The second kappa shape index (κ2) is 6.81. The Balaban J connectivity index is 2.26. The van der Waals surface area contributed by atoms with E-state index in [-0.39, 0.29) is 11.3 Å². The summed E-state index contributed by atoms with van der Waals surface area (Å²) in [7, 11) is 0. The lowest BCUT2D eigenvalue weighted by Gasteiger charge is -2.07. The predicted molar refractivity (Wildman–Crippen MR) is 80.4 cm³/mol. The lowest BCUT2D eigenvalue weighted by atomic mass is 10.0. The number of nitriles is 1. The fourth-order valence-corrected chi connectivity index (χ4v) is 2.31. The van der Waals surface area contributed by atoms with Crippen LogP contribution in [0.4, 0.5) is 0 Å². The van der Waals surface area contributed by atoms with Crippen molar-refractivity contribution in [3.05, 3.63) is 52.3 Å². The van der Waals surface area contributed by atoms with E-state index >= 15 is 0 Å². The summed E-state index contributed by atoms with van der Waals surface area (Å²) < 4.78 is 5.60. The van der Waals surface area contributed by atoms with Gasteiger partial charge in [-0.2, -0.15) is 5.26 Å². The summed E-state index contributed by atoms with van der Waals surface area (Å²) in [6, 6.07) is 6.63. The van der Waals surface area contributed by atoms with Crippen LogP contribution in [0.25, 0.3) is 0 Å². The highest BCUT2D eigenvalue weighted by Crippen LogP contribution is 2.27. The first-order valence-electron chi connectivity index (χ1n) is 7.05. The normalized spacial score (nSPS) is 14.6. The molecule has 0 atom stereocenters. The zero-order chi connectivity index (χ0) is 16.1. The molecule has 5 heteroatoms. The van der Waals surface area contributed by atoms with Crippen molar-refractivity contribution in [1.29, 1.82) is 5.26 Å². The molecule has 0 fully saturated rings. The molecule has 1 aliphatic heterocycles. The number of aromatic hydroxyl groups is 1. The first-order valence-corrected chi connectivity index (χ1v) is 7.05. The topological polar surface area (TPSA) is 90.6 Å². The Kier molecular flexibility index (Phi) is 4.84. The lowest BCUT2D eigenvalue weighted by Crippen LogP contribution is -1.99. The molecule has 0 amide bonds. The molecule has 0 spiro atoms. The molecular formula is C17H17NO4. The number of nitrogens with zero attached hydrogens (tertiary/aromatic N) is 1. The van der Waals surface area contributed by atoms with Gasteiger partial charge in [0.05, 0.1) is 12.7 Å². The fourth-order valence-electron chi connectivity index (χ4n) is 2.31. The molecule has 1 heterocycles. The van der Waals surface area contributed by atoms with Crippen molar-refractivity contribution in [3.8, 4) is 11.8 Å². The highest BCUT2D eigenvalue weighted by atomic mass is 16.5. The minimum Gasteiger partial charge on any atom is -0.507 e. The summed E-state index contributed by atoms with van der Waals surface area (Å²) in [6.07, 6.45) is 3.73. The monoisotopic (exact) mass is 299 g/mol. The molecule has 0 aliphatic carbocycles. The number of hydrogen-bond donors (Lipinski definition) is 2. The minimum absolute atomic E-state index is 0.122. The van der Waals surface area contributed by atoms with Gasteiger partial charge in [0.25, 0.3) is 0 Å². The van der Waals surface area contributed by atoms with Crippen LogP contribution in [0.5, 0.6) is 5.75 Å². The van der Waals surface area contributed by atoms with Crippen LogP contribution in [0.3, 0.4) is 0 Å². The molecule has 2 N–H and O–H groups in total. The number of phenols is 1. The minimum atomic E-state index is -1.16. The Morgan fingerprint density at radius 2 is 2.27 bits per heavy atom. The summed E-state index contributed by atoms with van der Waals surface area (Å²) >= 11 is 0. The molecule has 1 aromatic rings. The highest BCUT2D eigenvalue weighted by Gasteiger charge is 2.17. The van der Waals surface area contributed by atoms with E-state index in [1.165, 1.54) is 12.1 Å². The van der Waals surface area contributed by atoms with E-state index < -0.39 is 5.97 Å². The maximum Gasteiger partial charge on any atom is 0.339 e.